The van der Waals surface area contributed by atoms with Gasteiger partial charge in [0.2, 0.25) is 0 Å². The highest BCUT2D eigenvalue weighted by molar-refractivity contribution is 9.10. The van der Waals surface area contributed by atoms with Crippen molar-refractivity contribution < 1.29 is 19.0 Å². The Morgan fingerprint density at radius 3 is 2.65 bits per heavy atom. The zero-order valence-corrected chi connectivity index (χ0v) is 22.2. The van der Waals surface area contributed by atoms with Crippen LogP contribution in [0.5, 0.6) is 0 Å². The lowest BCUT2D eigenvalue weighted by Gasteiger charge is -2.18. The number of carboxylic acid groups (broad SMARTS) is 1. The van der Waals surface area contributed by atoms with Gasteiger partial charge in [0, 0.05) is 43.6 Å². The molecule has 0 saturated heterocycles. The molecule has 0 atom stereocenters. The van der Waals surface area contributed by atoms with Crippen molar-refractivity contribution in [3.8, 4) is 22.5 Å². The molecule has 0 bridgehead atoms. The highest BCUT2D eigenvalue weighted by Gasteiger charge is 2.30. The van der Waals surface area contributed by atoms with E-state index >= 15 is 4.39 Å². The lowest BCUT2D eigenvalue weighted by atomic mass is 10.1. The summed E-state index contributed by atoms with van der Waals surface area (Å²) < 4.78 is 23.4. The molecule has 2 N–H and O–H groups in total. The number of hydrogen-bond donors (Lipinski definition) is 2. The van der Waals surface area contributed by atoms with Gasteiger partial charge in [0.25, 0.3) is 0 Å². The van der Waals surface area contributed by atoms with Gasteiger partial charge in [-0.1, -0.05) is 25.7 Å². The lowest BCUT2D eigenvalue weighted by molar-refractivity contribution is 0.0695. The van der Waals surface area contributed by atoms with Gasteiger partial charge < -0.3 is 19.4 Å². The van der Waals surface area contributed by atoms with Crippen LogP contribution < -0.4 is 0 Å². The van der Waals surface area contributed by atoms with Crippen molar-refractivity contribution in [2.75, 3.05) is 6.61 Å². The smallest absolute Gasteiger partial charge is 0.339 e. The topological polar surface area (TPSA) is 80.1 Å². The molecule has 4 aromatic rings. The van der Waals surface area contributed by atoms with Crippen LogP contribution in [0.2, 0.25) is 25.7 Å². The third-order valence-electron chi connectivity index (χ3n) is 5.73. The Morgan fingerprint density at radius 2 is 1.97 bits per heavy atom. The summed E-state index contributed by atoms with van der Waals surface area (Å²) in [5.74, 6) is -1.63. The van der Waals surface area contributed by atoms with Crippen molar-refractivity contribution >= 4 is 41.0 Å². The highest BCUT2D eigenvalue weighted by Crippen LogP contribution is 2.43. The number of halogens is 2. The second kappa shape index (κ2) is 9.48. The number of nitrogens with one attached hydrogen (secondary N) is 1. The SMILES string of the molecule is Cc1ccc(-c2c(C(=O)O)c(Br)c(-c3ccnc4[nH]ccc34)n2COCC[Si](C)(C)C)c(F)c1. The van der Waals surface area contributed by atoms with Crippen LogP contribution in [0, 0.1) is 12.7 Å². The number of carbonyl (C=O) groups is 1. The molecule has 3 aromatic heterocycles. The van der Waals surface area contributed by atoms with Crippen molar-refractivity contribution in [2.45, 2.75) is 39.3 Å². The van der Waals surface area contributed by atoms with Gasteiger partial charge in [-0.15, -0.1) is 0 Å². The summed E-state index contributed by atoms with van der Waals surface area (Å²) in [6.45, 7) is 9.22. The number of aryl methyl sites for hydroxylation is 1. The van der Waals surface area contributed by atoms with Crippen molar-refractivity contribution in [1.29, 1.82) is 0 Å². The molecular formula is C25H27BrFN3O3Si. The molecule has 0 fully saturated rings. The van der Waals surface area contributed by atoms with Crippen molar-refractivity contribution in [3.05, 3.63) is 64.1 Å². The molecule has 0 aliphatic carbocycles. The molecule has 0 unspecified atom stereocenters. The number of benzene rings is 1. The Bertz CT molecular complexity index is 1370. The Morgan fingerprint density at radius 1 is 1.21 bits per heavy atom. The Kier molecular flexibility index (Phi) is 6.79. The second-order valence-corrected chi connectivity index (χ2v) is 16.0. The molecule has 1 aromatic carbocycles. The summed E-state index contributed by atoms with van der Waals surface area (Å²) in [6, 6.07) is 9.49. The quantitative estimate of drug-likeness (QED) is 0.186. The normalized spacial score (nSPS) is 11.9. The molecule has 34 heavy (non-hydrogen) atoms. The van der Waals surface area contributed by atoms with Gasteiger partial charge in [-0.05, 0) is 58.7 Å². The van der Waals surface area contributed by atoms with E-state index in [4.69, 9.17) is 4.74 Å². The number of carboxylic acids is 1. The first-order valence-corrected chi connectivity index (χ1v) is 15.5. The number of aromatic amines is 1. The van der Waals surface area contributed by atoms with E-state index in [9.17, 15) is 9.90 Å². The Labute approximate surface area is 206 Å². The zero-order valence-electron chi connectivity index (χ0n) is 19.6. The monoisotopic (exact) mass is 543 g/mol. The largest absolute Gasteiger partial charge is 0.478 e. The van der Waals surface area contributed by atoms with E-state index in [1.165, 1.54) is 6.07 Å². The van der Waals surface area contributed by atoms with Gasteiger partial charge in [0.1, 0.15) is 23.8 Å². The van der Waals surface area contributed by atoms with Crippen LogP contribution in [0.4, 0.5) is 4.39 Å². The first-order valence-electron chi connectivity index (χ1n) is 11.0. The van der Waals surface area contributed by atoms with Gasteiger partial charge >= 0.3 is 5.97 Å². The first kappa shape index (κ1) is 24.4. The Balaban J connectivity index is 1.96. The van der Waals surface area contributed by atoms with E-state index in [-0.39, 0.29) is 23.6 Å². The maximum atomic E-state index is 15.2. The van der Waals surface area contributed by atoms with Crippen LogP contribution in [-0.2, 0) is 11.5 Å². The van der Waals surface area contributed by atoms with Gasteiger partial charge in [0.05, 0.1) is 15.9 Å². The molecular weight excluding hydrogens is 517 g/mol. The van der Waals surface area contributed by atoms with Gasteiger partial charge in [0.15, 0.2) is 0 Å². The molecule has 9 heteroatoms. The predicted octanol–water partition coefficient (Wildman–Crippen LogP) is 6.92. The number of ether oxygens (including phenoxy) is 1. The maximum Gasteiger partial charge on any atom is 0.339 e. The molecule has 0 radical (unpaired) electrons. The van der Waals surface area contributed by atoms with Crippen molar-refractivity contribution in [1.82, 2.24) is 14.5 Å². The summed E-state index contributed by atoms with van der Waals surface area (Å²) in [6.07, 6.45) is 3.45. The van der Waals surface area contributed by atoms with Gasteiger partial charge in [-0.2, -0.15) is 0 Å². The van der Waals surface area contributed by atoms with Crippen molar-refractivity contribution in [2.24, 2.45) is 0 Å². The summed E-state index contributed by atoms with van der Waals surface area (Å²) in [5.41, 5.74) is 3.28. The van der Waals surface area contributed by atoms with Crippen LogP contribution in [-0.4, -0.2) is 40.3 Å². The average molecular weight is 544 g/mol. The van der Waals surface area contributed by atoms with E-state index < -0.39 is 19.9 Å². The maximum absolute atomic E-state index is 15.2. The third kappa shape index (κ3) is 4.73. The molecule has 0 aliphatic heterocycles. The van der Waals surface area contributed by atoms with Crippen LogP contribution in [0.15, 0.2) is 47.2 Å². The first-order chi connectivity index (χ1) is 16.1. The number of H-pyrrole nitrogens is 1. The molecule has 0 aliphatic rings. The van der Waals surface area contributed by atoms with Gasteiger partial charge in [-0.25, -0.2) is 14.2 Å². The minimum atomic E-state index is -1.33. The van der Waals surface area contributed by atoms with Crippen LogP contribution in [0.1, 0.15) is 15.9 Å². The fourth-order valence-electron chi connectivity index (χ4n) is 3.97. The standard InChI is InChI=1S/C25H27BrFN3O3Si/c1-15-5-6-18(19(27)13-15)22-20(25(31)32)21(26)23(30(22)14-33-11-12-34(2,3)4)16-7-9-28-24-17(16)8-10-29-24/h5-10,13H,11-12,14H2,1-4H3,(H,28,29)(H,31,32). The summed E-state index contributed by atoms with van der Waals surface area (Å²) in [7, 11) is -1.33. The lowest BCUT2D eigenvalue weighted by Crippen LogP contribution is -2.22. The van der Waals surface area contributed by atoms with Crippen LogP contribution in [0.25, 0.3) is 33.5 Å². The number of pyridine rings is 1. The van der Waals surface area contributed by atoms with E-state index in [0.29, 0.717) is 22.4 Å². The van der Waals surface area contributed by atoms with Crippen molar-refractivity contribution in [3.63, 3.8) is 0 Å². The highest BCUT2D eigenvalue weighted by atomic mass is 79.9. The molecule has 4 rings (SSSR count). The summed E-state index contributed by atoms with van der Waals surface area (Å²) in [5, 5.41) is 11.0. The van der Waals surface area contributed by atoms with Crippen LogP contribution in [0.3, 0.4) is 0 Å². The number of fused-ring (bicyclic) bond motifs is 1. The average Bonchev–Trinajstić information content (AvgIpc) is 3.33. The fraction of sp³-hybridized carbons (Fsp3) is 0.280. The minimum Gasteiger partial charge on any atom is -0.478 e. The molecule has 0 spiro atoms. The van der Waals surface area contributed by atoms with E-state index in [1.54, 1.807) is 36.0 Å². The molecule has 6 nitrogen and oxygen atoms in total. The third-order valence-corrected chi connectivity index (χ3v) is 8.21. The van der Waals surface area contributed by atoms with E-state index in [0.717, 1.165) is 22.6 Å². The zero-order chi connectivity index (χ0) is 24.6. The number of rotatable bonds is 8. The van der Waals surface area contributed by atoms with Gasteiger partial charge in [-0.3, -0.25) is 0 Å². The van der Waals surface area contributed by atoms with Crippen LogP contribution >= 0.6 is 15.9 Å². The number of nitrogens with zero attached hydrogens (tertiary/aromatic N) is 2. The number of hydrogen-bond acceptors (Lipinski definition) is 3. The predicted molar refractivity (Wildman–Crippen MR) is 138 cm³/mol. The van der Waals surface area contributed by atoms with E-state index in [1.807, 2.05) is 12.1 Å². The number of aromatic carboxylic acids is 1. The Hall–Kier alpha value is -2.75. The molecule has 3 heterocycles. The second-order valence-electron chi connectivity index (χ2n) is 9.55. The van der Waals surface area contributed by atoms with E-state index in [2.05, 4.69) is 45.5 Å². The number of aromatic nitrogens is 3. The minimum absolute atomic E-state index is 0.00736. The summed E-state index contributed by atoms with van der Waals surface area (Å²) >= 11 is 3.54. The fourth-order valence-corrected chi connectivity index (χ4v) is 5.51. The molecule has 0 saturated carbocycles. The molecule has 178 valence electrons. The summed E-state index contributed by atoms with van der Waals surface area (Å²) in [4.78, 5) is 19.9. The molecule has 0 amide bonds.